The van der Waals surface area contributed by atoms with E-state index in [1.54, 1.807) is 4.90 Å². The Hall–Kier alpha value is -2.93. The van der Waals surface area contributed by atoms with E-state index >= 15 is 0 Å². The van der Waals surface area contributed by atoms with Crippen LogP contribution in [-0.4, -0.2) is 29.4 Å². The van der Waals surface area contributed by atoms with Gasteiger partial charge in [-0.3, -0.25) is 14.9 Å². The van der Waals surface area contributed by atoms with E-state index in [4.69, 9.17) is 16.3 Å². The number of ether oxygens (including phenoxy) is 1. The fourth-order valence-electron chi connectivity index (χ4n) is 3.00. The van der Waals surface area contributed by atoms with Gasteiger partial charge in [0.1, 0.15) is 0 Å². The Balaban J connectivity index is 1.68. The minimum atomic E-state index is -0.807. The Morgan fingerprint density at radius 3 is 2.73 bits per heavy atom. The second-order valence-electron chi connectivity index (χ2n) is 5.94. The van der Waals surface area contributed by atoms with Gasteiger partial charge in [0.05, 0.1) is 15.5 Å². The van der Waals surface area contributed by atoms with Gasteiger partial charge in [-0.15, -0.1) is 0 Å². The molecule has 0 saturated heterocycles. The molecule has 0 saturated carbocycles. The van der Waals surface area contributed by atoms with Crippen molar-refractivity contribution in [3.63, 3.8) is 0 Å². The Labute approximate surface area is 154 Å². The zero-order chi connectivity index (χ0) is 18.8. The topological polar surface area (TPSA) is 89.8 Å². The summed E-state index contributed by atoms with van der Waals surface area (Å²) in [6.07, 6.45) is 0.740. The van der Waals surface area contributed by atoms with Crippen molar-refractivity contribution in [1.29, 1.82) is 0 Å². The molecular formula is C18H15ClN2O5. The summed E-state index contributed by atoms with van der Waals surface area (Å²) >= 11 is 5.90. The predicted molar refractivity (Wildman–Crippen MR) is 95.5 cm³/mol. The lowest BCUT2D eigenvalue weighted by Gasteiger charge is -2.22. The highest BCUT2D eigenvalue weighted by atomic mass is 35.5. The number of nitrogens with zero attached hydrogens (tertiary/aromatic N) is 2. The van der Waals surface area contributed by atoms with Crippen molar-refractivity contribution in [2.45, 2.75) is 19.4 Å². The largest absolute Gasteiger partial charge is 0.452 e. The number of rotatable bonds is 4. The fourth-order valence-corrected chi connectivity index (χ4v) is 3.26. The van der Waals surface area contributed by atoms with Crippen LogP contribution >= 0.6 is 11.6 Å². The van der Waals surface area contributed by atoms with Gasteiger partial charge >= 0.3 is 5.97 Å². The minimum Gasteiger partial charge on any atom is -0.452 e. The smallest absolute Gasteiger partial charge is 0.340 e. The molecule has 1 amide bonds. The quantitative estimate of drug-likeness (QED) is 0.465. The number of esters is 1. The third kappa shape index (κ3) is 3.39. The summed E-state index contributed by atoms with van der Waals surface area (Å²) in [5.74, 6) is -1.15. The molecule has 134 valence electrons. The lowest BCUT2D eigenvalue weighted by atomic mass is 10.1. The third-order valence-corrected chi connectivity index (χ3v) is 4.50. The Morgan fingerprint density at radius 2 is 2.04 bits per heavy atom. The highest BCUT2D eigenvalue weighted by Crippen LogP contribution is 2.32. The van der Waals surface area contributed by atoms with Crippen molar-refractivity contribution in [2.24, 2.45) is 0 Å². The van der Waals surface area contributed by atoms with Crippen molar-refractivity contribution < 1.29 is 19.2 Å². The number of hydrogen-bond acceptors (Lipinski definition) is 5. The van der Waals surface area contributed by atoms with Crippen LogP contribution in [0.1, 0.15) is 22.8 Å². The van der Waals surface area contributed by atoms with Gasteiger partial charge in [-0.05, 0) is 31.0 Å². The predicted octanol–water partition coefficient (Wildman–Crippen LogP) is 3.38. The standard InChI is InChI=1S/C18H15ClN2O5/c1-11-8-12-4-2-3-5-16(12)20(11)17(22)10-26-18(23)14-7-6-13(21(24)25)9-15(14)19/h2-7,9,11H,8,10H2,1H3. The maximum atomic E-state index is 12.5. The summed E-state index contributed by atoms with van der Waals surface area (Å²) in [5, 5.41) is 10.6. The van der Waals surface area contributed by atoms with Crippen molar-refractivity contribution in [2.75, 3.05) is 11.5 Å². The van der Waals surface area contributed by atoms with Gasteiger partial charge in [-0.1, -0.05) is 29.8 Å². The Bertz CT molecular complexity index is 899. The van der Waals surface area contributed by atoms with E-state index in [1.165, 1.54) is 6.07 Å². The van der Waals surface area contributed by atoms with Crippen LogP contribution in [0.5, 0.6) is 0 Å². The van der Waals surface area contributed by atoms with Crippen LogP contribution in [0.3, 0.4) is 0 Å². The normalized spacial score (nSPS) is 15.5. The van der Waals surface area contributed by atoms with E-state index in [2.05, 4.69) is 0 Å². The number of carbonyl (C=O) groups is 2. The van der Waals surface area contributed by atoms with Gasteiger partial charge in [0.25, 0.3) is 11.6 Å². The molecule has 0 aromatic heterocycles. The van der Waals surface area contributed by atoms with E-state index in [1.807, 2.05) is 31.2 Å². The molecule has 0 N–H and O–H groups in total. The number of non-ortho nitro benzene ring substituents is 1. The molecule has 1 atom stereocenters. The average Bonchev–Trinajstić information content (AvgIpc) is 2.95. The van der Waals surface area contributed by atoms with Crippen LogP contribution in [0.4, 0.5) is 11.4 Å². The molecule has 1 heterocycles. The lowest BCUT2D eigenvalue weighted by molar-refractivity contribution is -0.384. The van der Waals surface area contributed by atoms with E-state index in [0.717, 1.165) is 29.8 Å². The monoisotopic (exact) mass is 374 g/mol. The number of halogens is 1. The highest BCUT2D eigenvalue weighted by molar-refractivity contribution is 6.33. The first-order chi connectivity index (χ1) is 12.4. The van der Waals surface area contributed by atoms with Crippen LogP contribution in [0, 0.1) is 10.1 Å². The molecule has 1 aliphatic heterocycles. The molecule has 1 aliphatic rings. The minimum absolute atomic E-state index is 0.0263. The number of carbonyl (C=O) groups excluding carboxylic acids is 2. The highest BCUT2D eigenvalue weighted by Gasteiger charge is 2.31. The fraction of sp³-hybridized carbons (Fsp3) is 0.222. The zero-order valence-corrected chi connectivity index (χ0v) is 14.6. The van der Waals surface area contributed by atoms with Crippen molar-refractivity contribution in [3.05, 3.63) is 68.7 Å². The summed E-state index contributed by atoms with van der Waals surface area (Å²) in [5.41, 5.74) is 1.62. The number of para-hydroxylation sites is 1. The number of nitro groups is 1. The summed E-state index contributed by atoms with van der Waals surface area (Å²) in [6, 6.07) is 11.0. The van der Waals surface area contributed by atoms with E-state index < -0.39 is 17.5 Å². The van der Waals surface area contributed by atoms with E-state index in [-0.39, 0.29) is 28.2 Å². The molecule has 26 heavy (non-hydrogen) atoms. The van der Waals surface area contributed by atoms with Crippen LogP contribution in [0.15, 0.2) is 42.5 Å². The van der Waals surface area contributed by atoms with Gasteiger partial charge in [-0.25, -0.2) is 4.79 Å². The van der Waals surface area contributed by atoms with Crippen molar-refractivity contribution >= 4 is 34.9 Å². The number of benzene rings is 2. The van der Waals surface area contributed by atoms with Gasteiger partial charge in [-0.2, -0.15) is 0 Å². The number of nitro benzene ring substituents is 1. The number of fused-ring (bicyclic) bond motifs is 1. The maximum absolute atomic E-state index is 12.5. The van der Waals surface area contributed by atoms with Gasteiger partial charge in [0.2, 0.25) is 0 Å². The van der Waals surface area contributed by atoms with Crippen LogP contribution in [0.25, 0.3) is 0 Å². The molecule has 0 fully saturated rings. The molecule has 0 bridgehead atoms. The van der Waals surface area contributed by atoms with Crippen LogP contribution in [-0.2, 0) is 16.0 Å². The SMILES string of the molecule is CC1Cc2ccccc2N1C(=O)COC(=O)c1ccc([N+](=O)[O-])cc1Cl. The van der Waals surface area contributed by atoms with Crippen LogP contribution < -0.4 is 4.90 Å². The van der Waals surface area contributed by atoms with E-state index in [0.29, 0.717) is 0 Å². The molecule has 1 unspecified atom stereocenters. The average molecular weight is 375 g/mol. The summed E-state index contributed by atoms with van der Waals surface area (Å²) in [4.78, 5) is 36.4. The van der Waals surface area contributed by atoms with Gasteiger partial charge in [0, 0.05) is 23.9 Å². The van der Waals surface area contributed by atoms with Crippen molar-refractivity contribution in [3.8, 4) is 0 Å². The molecule has 7 nitrogen and oxygen atoms in total. The molecule has 0 aliphatic carbocycles. The second kappa shape index (κ2) is 7.13. The summed E-state index contributed by atoms with van der Waals surface area (Å²) < 4.78 is 5.06. The zero-order valence-electron chi connectivity index (χ0n) is 13.8. The number of anilines is 1. The number of amides is 1. The second-order valence-corrected chi connectivity index (χ2v) is 6.35. The molecule has 2 aromatic carbocycles. The molecule has 0 spiro atoms. The Kier molecular flexibility index (Phi) is 4.90. The van der Waals surface area contributed by atoms with Gasteiger partial charge in [0.15, 0.2) is 6.61 Å². The Morgan fingerprint density at radius 1 is 1.31 bits per heavy atom. The first-order valence-electron chi connectivity index (χ1n) is 7.89. The maximum Gasteiger partial charge on any atom is 0.340 e. The molecule has 2 aromatic rings. The third-order valence-electron chi connectivity index (χ3n) is 4.19. The number of hydrogen-bond donors (Lipinski definition) is 0. The molecule has 8 heteroatoms. The van der Waals surface area contributed by atoms with Crippen molar-refractivity contribution in [1.82, 2.24) is 0 Å². The molecular weight excluding hydrogens is 360 g/mol. The summed E-state index contributed by atoms with van der Waals surface area (Å²) in [7, 11) is 0. The van der Waals surface area contributed by atoms with Gasteiger partial charge < -0.3 is 9.64 Å². The lowest BCUT2D eigenvalue weighted by Crippen LogP contribution is -2.38. The molecule has 0 radical (unpaired) electrons. The molecule has 3 rings (SSSR count). The van der Waals surface area contributed by atoms with Crippen LogP contribution in [0.2, 0.25) is 5.02 Å². The van der Waals surface area contributed by atoms with E-state index in [9.17, 15) is 19.7 Å². The first-order valence-corrected chi connectivity index (χ1v) is 8.27. The first kappa shape index (κ1) is 17.9. The summed E-state index contributed by atoms with van der Waals surface area (Å²) in [6.45, 7) is 1.48.